The lowest BCUT2D eigenvalue weighted by atomic mass is 10.1. The normalized spacial score (nSPS) is 14.4. The molecular formula is C14H18FN3. The van der Waals surface area contributed by atoms with Gasteiger partial charge in [-0.1, -0.05) is 12.1 Å². The molecule has 2 aromatic rings. The lowest BCUT2D eigenvalue weighted by molar-refractivity contribution is 0.510. The molecule has 3 nitrogen and oxygen atoms in total. The van der Waals surface area contributed by atoms with Crippen molar-refractivity contribution in [2.75, 3.05) is 0 Å². The van der Waals surface area contributed by atoms with E-state index >= 15 is 0 Å². The van der Waals surface area contributed by atoms with Crippen molar-refractivity contribution < 1.29 is 4.39 Å². The van der Waals surface area contributed by atoms with Crippen LogP contribution in [0.1, 0.15) is 37.2 Å². The van der Waals surface area contributed by atoms with Crippen molar-refractivity contribution >= 4 is 0 Å². The van der Waals surface area contributed by atoms with Gasteiger partial charge in [0.05, 0.1) is 12.0 Å². The van der Waals surface area contributed by atoms with E-state index in [1.807, 2.05) is 19.1 Å². The largest absolute Gasteiger partial charge is 0.330 e. The number of nitrogens with two attached hydrogens (primary N) is 1. The van der Waals surface area contributed by atoms with Gasteiger partial charge in [0.1, 0.15) is 5.82 Å². The van der Waals surface area contributed by atoms with Gasteiger partial charge in [0.25, 0.3) is 0 Å². The minimum atomic E-state index is -0.203. The standard InChI is InChI=1S/C14H18FN3/c1-10(7-12-3-5-13(15)6-4-12)18-9-17-8-14(18)11(2)16/h3-6,8-11H,7,16H2,1-2H3/t10?,11-/m1/s1. The highest BCUT2D eigenvalue weighted by molar-refractivity contribution is 5.17. The molecule has 2 rings (SSSR count). The summed E-state index contributed by atoms with van der Waals surface area (Å²) >= 11 is 0. The Labute approximate surface area is 106 Å². The quantitative estimate of drug-likeness (QED) is 0.902. The molecule has 96 valence electrons. The highest BCUT2D eigenvalue weighted by Crippen LogP contribution is 2.19. The molecule has 4 heteroatoms. The zero-order valence-corrected chi connectivity index (χ0v) is 10.7. The van der Waals surface area contributed by atoms with Crippen molar-refractivity contribution in [3.63, 3.8) is 0 Å². The van der Waals surface area contributed by atoms with Gasteiger partial charge in [0.2, 0.25) is 0 Å². The molecular weight excluding hydrogens is 229 g/mol. The third-order valence-corrected chi connectivity index (χ3v) is 3.08. The predicted octanol–water partition coefficient (Wildman–Crippen LogP) is 2.85. The lowest BCUT2D eigenvalue weighted by Gasteiger charge is -2.18. The molecule has 0 fully saturated rings. The highest BCUT2D eigenvalue weighted by atomic mass is 19.1. The van der Waals surface area contributed by atoms with E-state index in [4.69, 9.17) is 5.73 Å². The maximum atomic E-state index is 12.8. The summed E-state index contributed by atoms with van der Waals surface area (Å²) in [6.45, 7) is 4.05. The van der Waals surface area contributed by atoms with Crippen molar-refractivity contribution in [3.8, 4) is 0 Å². The molecule has 2 atom stereocenters. The van der Waals surface area contributed by atoms with Gasteiger partial charge in [0, 0.05) is 18.3 Å². The fourth-order valence-electron chi connectivity index (χ4n) is 2.10. The number of hydrogen-bond acceptors (Lipinski definition) is 2. The molecule has 0 radical (unpaired) electrons. The number of halogens is 1. The van der Waals surface area contributed by atoms with Gasteiger partial charge in [-0.2, -0.15) is 0 Å². The zero-order chi connectivity index (χ0) is 13.1. The third-order valence-electron chi connectivity index (χ3n) is 3.08. The summed E-state index contributed by atoms with van der Waals surface area (Å²) in [6, 6.07) is 6.81. The van der Waals surface area contributed by atoms with Crippen LogP contribution in [0, 0.1) is 5.82 Å². The van der Waals surface area contributed by atoms with Crippen LogP contribution in [0.2, 0.25) is 0 Å². The predicted molar refractivity (Wildman–Crippen MR) is 69.6 cm³/mol. The van der Waals surface area contributed by atoms with Gasteiger partial charge < -0.3 is 10.3 Å². The Kier molecular flexibility index (Phi) is 3.77. The van der Waals surface area contributed by atoms with E-state index in [0.717, 1.165) is 17.7 Å². The van der Waals surface area contributed by atoms with Crippen molar-refractivity contribution in [2.45, 2.75) is 32.4 Å². The summed E-state index contributed by atoms with van der Waals surface area (Å²) in [5.41, 5.74) is 8.02. The molecule has 0 saturated heterocycles. The van der Waals surface area contributed by atoms with Crippen LogP contribution in [0.3, 0.4) is 0 Å². The van der Waals surface area contributed by atoms with Gasteiger partial charge in [-0.05, 0) is 38.0 Å². The molecule has 2 N–H and O–H groups in total. The van der Waals surface area contributed by atoms with E-state index in [1.165, 1.54) is 12.1 Å². The van der Waals surface area contributed by atoms with Crippen LogP contribution in [0.5, 0.6) is 0 Å². The van der Waals surface area contributed by atoms with Crippen LogP contribution in [-0.4, -0.2) is 9.55 Å². The first kappa shape index (κ1) is 12.8. The smallest absolute Gasteiger partial charge is 0.123 e. The Hall–Kier alpha value is -1.68. The van der Waals surface area contributed by atoms with Crippen LogP contribution >= 0.6 is 0 Å². The minimum Gasteiger partial charge on any atom is -0.330 e. The highest BCUT2D eigenvalue weighted by Gasteiger charge is 2.12. The summed E-state index contributed by atoms with van der Waals surface area (Å²) in [5.74, 6) is -0.203. The lowest BCUT2D eigenvalue weighted by Crippen LogP contribution is -2.16. The first-order valence-electron chi connectivity index (χ1n) is 6.09. The molecule has 0 spiro atoms. The van der Waals surface area contributed by atoms with E-state index < -0.39 is 0 Å². The first-order valence-corrected chi connectivity index (χ1v) is 6.09. The molecule has 0 amide bonds. The number of aromatic nitrogens is 2. The maximum Gasteiger partial charge on any atom is 0.123 e. The monoisotopic (exact) mass is 247 g/mol. The summed E-state index contributed by atoms with van der Waals surface area (Å²) in [7, 11) is 0. The Bertz CT molecular complexity index is 502. The molecule has 1 unspecified atom stereocenters. The first-order chi connectivity index (χ1) is 8.58. The van der Waals surface area contributed by atoms with Crippen molar-refractivity contribution in [1.29, 1.82) is 0 Å². The Morgan fingerprint density at radius 1 is 1.28 bits per heavy atom. The molecule has 1 aromatic carbocycles. The molecule has 0 aliphatic carbocycles. The summed E-state index contributed by atoms with van der Waals surface area (Å²) in [4.78, 5) is 4.14. The second-order valence-electron chi connectivity index (χ2n) is 4.69. The second kappa shape index (κ2) is 5.31. The van der Waals surface area contributed by atoms with Crippen molar-refractivity contribution in [2.24, 2.45) is 5.73 Å². The van der Waals surface area contributed by atoms with Gasteiger partial charge in [-0.15, -0.1) is 0 Å². The number of hydrogen-bond donors (Lipinski definition) is 1. The van der Waals surface area contributed by atoms with Crippen LogP contribution in [0.25, 0.3) is 0 Å². The van der Waals surface area contributed by atoms with E-state index in [1.54, 1.807) is 12.5 Å². The molecule has 0 aliphatic rings. The maximum absolute atomic E-state index is 12.8. The van der Waals surface area contributed by atoms with Gasteiger partial charge in [-0.25, -0.2) is 9.37 Å². The molecule has 18 heavy (non-hydrogen) atoms. The van der Waals surface area contributed by atoms with E-state index in [0.29, 0.717) is 0 Å². The van der Waals surface area contributed by atoms with Crippen molar-refractivity contribution in [1.82, 2.24) is 9.55 Å². The van der Waals surface area contributed by atoms with E-state index in [9.17, 15) is 4.39 Å². The second-order valence-corrected chi connectivity index (χ2v) is 4.69. The van der Waals surface area contributed by atoms with Gasteiger partial charge in [0.15, 0.2) is 0 Å². The Morgan fingerprint density at radius 3 is 2.56 bits per heavy atom. The molecule has 0 aliphatic heterocycles. The molecule has 1 aromatic heterocycles. The van der Waals surface area contributed by atoms with Crippen LogP contribution in [0.4, 0.5) is 4.39 Å². The molecule has 0 saturated carbocycles. The molecule has 0 bridgehead atoms. The topological polar surface area (TPSA) is 43.8 Å². The Morgan fingerprint density at radius 2 is 1.94 bits per heavy atom. The van der Waals surface area contributed by atoms with Crippen molar-refractivity contribution in [3.05, 3.63) is 53.9 Å². The van der Waals surface area contributed by atoms with Gasteiger partial charge in [-0.3, -0.25) is 0 Å². The summed E-state index contributed by atoms with van der Waals surface area (Å²) < 4.78 is 14.9. The number of imidazole rings is 1. The average Bonchev–Trinajstić information content (AvgIpc) is 2.81. The summed E-state index contributed by atoms with van der Waals surface area (Å²) in [6.07, 6.45) is 4.43. The van der Waals surface area contributed by atoms with Crippen LogP contribution in [-0.2, 0) is 6.42 Å². The fraction of sp³-hybridized carbons (Fsp3) is 0.357. The van der Waals surface area contributed by atoms with Gasteiger partial charge >= 0.3 is 0 Å². The third kappa shape index (κ3) is 2.76. The number of benzene rings is 1. The number of nitrogens with zero attached hydrogens (tertiary/aromatic N) is 2. The molecule has 1 heterocycles. The average molecular weight is 247 g/mol. The van der Waals surface area contributed by atoms with E-state index in [2.05, 4.69) is 16.5 Å². The summed E-state index contributed by atoms with van der Waals surface area (Å²) in [5, 5.41) is 0. The fourth-order valence-corrected chi connectivity index (χ4v) is 2.10. The zero-order valence-electron chi connectivity index (χ0n) is 10.7. The number of rotatable bonds is 4. The SMILES string of the molecule is CC(Cc1ccc(F)cc1)n1cncc1[C@@H](C)N. The van der Waals surface area contributed by atoms with E-state index in [-0.39, 0.29) is 17.9 Å². The van der Waals surface area contributed by atoms with Crippen LogP contribution in [0.15, 0.2) is 36.8 Å². The Balaban J connectivity index is 2.14. The van der Waals surface area contributed by atoms with Crippen LogP contribution < -0.4 is 5.73 Å². The minimum absolute atomic E-state index is 0.0387.